The van der Waals surface area contributed by atoms with Crippen LogP contribution in [0.1, 0.15) is 26.5 Å². The lowest BCUT2D eigenvalue weighted by molar-refractivity contribution is 0.103. The first kappa shape index (κ1) is 19.3. The zero-order chi connectivity index (χ0) is 19.7. The number of carbonyl (C=O) groups excluding carboxylic acids is 1. The Morgan fingerprint density at radius 3 is 2.81 bits per heavy atom. The fourth-order valence-electron chi connectivity index (χ4n) is 2.75. The van der Waals surface area contributed by atoms with Crippen molar-refractivity contribution in [3.05, 3.63) is 63.4 Å². The Balaban J connectivity index is 1.94. The number of halogens is 2. The minimum Gasteiger partial charge on any atom is -0.487 e. The van der Waals surface area contributed by atoms with Crippen LogP contribution in [-0.4, -0.2) is 17.5 Å². The molecule has 0 saturated heterocycles. The number of amides is 1. The highest BCUT2D eigenvalue weighted by atomic mass is 35.5. The second-order valence-corrected chi connectivity index (χ2v) is 7.49. The summed E-state index contributed by atoms with van der Waals surface area (Å²) in [7, 11) is 0. The van der Waals surface area contributed by atoms with Crippen LogP contribution in [0.25, 0.3) is 10.1 Å². The first-order valence-corrected chi connectivity index (χ1v) is 9.43. The van der Waals surface area contributed by atoms with Crippen molar-refractivity contribution in [2.24, 2.45) is 0 Å². The van der Waals surface area contributed by atoms with E-state index >= 15 is 0 Å². The topological polar surface area (TPSA) is 51.2 Å². The molecule has 0 atom stereocenters. The quantitative estimate of drug-likeness (QED) is 0.544. The lowest BCUT2D eigenvalue weighted by Gasteiger charge is -2.16. The molecular weight excluding hydrogens is 387 g/mol. The number of thiophene rings is 1. The van der Waals surface area contributed by atoms with Gasteiger partial charge in [-0.15, -0.1) is 11.3 Å². The lowest BCUT2D eigenvalue weighted by Crippen LogP contribution is -2.15. The molecule has 0 aliphatic carbocycles. The van der Waals surface area contributed by atoms with E-state index in [-0.39, 0.29) is 11.7 Å². The highest BCUT2D eigenvalue weighted by Crippen LogP contribution is 2.36. The Hall–Kier alpha value is -2.44. The normalized spacial score (nSPS) is 10.9. The van der Waals surface area contributed by atoms with Crippen molar-refractivity contribution in [1.29, 1.82) is 0 Å². The van der Waals surface area contributed by atoms with E-state index in [1.165, 1.54) is 12.1 Å². The average molecular weight is 405 g/mol. The SMILES string of the molecule is C=CCOc1c(C)nc(NC(=O)c2sc3cc(F)ccc3c2Cl)c(C)c1C. The summed E-state index contributed by atoms with van der Waals surface area (Å²) >= 11 is 7.48. The number of hydrogen-bond donors (Lipinski definition) is 1. The largest absolute Gasteiger partial charge is 0.487 e. The number of nitrogens with zero attached hydrogens (tertiary/aromatic N) is 1. The van der Waals surface area contributed by atoms with Crippen LogP contribution in [0.5, 0.6) is 5.75 Å². The number of carbonyl (C=O) groups is 1. The van der Waals surface area contributed by atoms with Crippen molar-refractivity contribution >= 4 is 44.7 Å². The monoisotopic (exact) mass is 404 g/mol. The molecule has 0 unspecified atom stereocenters. The molecule has 1 amide bonds. The Labute approximate surface area is 165 Å². The van der Waals surface area contributed by atoms with Crippen LogP contribution < -0.4 is 10.1 Å². The number of benzene rings is 1. The third kappa shape index (κ3) is 3.68. The Morgan fingerprint density at radius 2 is 2.11 bits per heavy atom. The number of fused-ring (bicyclic) bond motifs is 1. The summed E-state index contributed by atoms with van der Waals surface area (Å²) < 4.78 is 19.7. The molecule has 4 nitrogen and oxygen atoms in total. The van der Waals surface area contributed by atoms with Crippen molar-refractivity contribution in [3.8, 4) is 5.75 Å². The number of rotatable bonds is 5. The molecule has 27 heavy (non-hydrogen) atoms. The Kier molecular flexibility index (Phi) is 5.48. The summed E-state index contributed by atoms with van der Waals surface area (Å²) in [6, 6.07) is 4.26. The number of nitrogens with one attached hydrogen (secondary N) is 1. The summed E-state index contributed by atoms with van der Waals surface area (Å²) in [6.45, 7) is 9.61. The molecule has 0 bridgehead atoms. The van der Waals surface area contributed by atoms with Gasteiger partial charge in [0, 0.05) is 10.1 Å². The Bertz CT molecular complexity index is 1060. The smallest absolute Gasteiger partial charge is 0.268 e. The van der Waals surface area contributed by atoms with Gasteiger partial charge >= 0.3 is 0 Å². The van der Waals surface area contributed by atoms with Crippen LogP contribution >= 0.6 is 22.9 Å². The maximum Gasteiger partial charge on any atom is 0.268 e. The van der Waals surface area contributed by atoms with E-state index in [4.69, 9.17) is 16.3 Å². The average Bonchev–Trinajstić information content (AvgIpc) is 2.95. The zero-order valence-corrected chi connectivity index (χ0v) is 16.7. The molecule has 0 aliphatic heterocycles. The molecule has 1 aromatic carbocycles. The van der Waals surface area contributed by atoms with E-state index in [0.717, 1.165) is 22.5 Å². The molecule has 0 saturated carbocycles. The van der Waals surface area contributed by atoms with Crippen molar-refractivity contribution in [2.45, 2.75) is 20.8 Å². The van der Waals surface area contributed by atoms with Crippen LogP contribution in [0.4, 0.5) is 10.2 Å². The van der Waals surface area contributed by atoms with Gasteiger partial charge in [-0.05, 0) is 50.1 Å². The predicted molar refractivity (Wildman–Crippen MR) is 109 cm³/mol. The molecule has 0 radical (unpaired) electrons. The standard InChI is InChI=1S/C20H18ClFN2O2S/c1-5-8-26-17-10(2)11(3)19(23-12(17)4)24-20(25)18-16(21)14-7-6-13(22)9-15(14)27-18/h5-7,9H,1,8H2,2-4H3,(H,23,24,25). The van der Waals surface area contributed by atoms with Gasteiger partial charge in [0.2, 0.25) is 0 Å². The lowest BCUT2D eigenvalue weighted by atomic mass is 10.1. The second-order valence-electron chi connectivity index (χ2n) is 6.06. The second kappa shape index (κ2) is 7.66. The molecule has 2 heterocycles. The number of aromatic nitrogens is 1. The first-order chi connectivity index (χ1) is 12.8. The Morgan fingerprint density at radius 1 is 1.37 bits per heavy atom. The van der Waals surface area contributed by atoms with E-state index in [1.54, 1.807) is 12.1 Å². The highest BCUT2D eigenvalue weighted by Gasteiger charge is 2.20. The third-order valence-electron chi connectivity index (χ3n) is 4.24. The van der Waals surface area contributed by atoms with Gasteiger partial charge in [0.1, 0.15) is 28.9 Å². The molecule has 0 spiro atoms. The molecule has 140 valence electrons. The van der Waals surface area contributed by atoms with Crippen molar-refractivity contribution in [3.63, 3.8) is 0 Å². The summed E-state index contributed by atoms with van der Waals surface area (Å²) in [5.74, 6) is 0.378. The summed E-state index contributed by atoms with van der Waals surface area (Å²) in [6.07, 6.45) is 1.66. The molecule has 0 fully saturated rings. The highest BCUT2D eigenvalue weighted by molar-refractivity contribution is 7.21. The first-order valence-electron chi connectivity index (χ1n) is 8.23. The molecule has 7 heteroatoms. The van der Waals surface area contributed by atoms with Gasteiger partial charge < -0.3 is 10.1 Å². The minimum absolute atomic E-state index is 0.310. The van der Waals surface area contributed by atoms with Gasteiger partial charge in [-0.1, -0.05) is 24.3 Å². The van der Waals surface area contributed by atoms with E-state index in [2.05, 4.69) is 16.9 Å². The zero-order valence-electron chi connectivity index (χ0n) is 15.2. The van der Waals surface area contributed by atoms with E-state index in [1.807, 2.05) is 20.8 Å². The van der Waals surface area contributed by atoms with E-state index in [0.29, 0.717) is 43.9 Å². The third-order valence-corrected chi connectivity index (χ3v) is 5.90. The molecule has 1 N–H and O–H groups in total. The molecule has 3 rings (SSSR count). The number of pyridine rings is 1. The predicted octanol–water partition coefficient (Wildman–Crippen LogP) is 5.83. The van der Waals surface area contributed by atoms with E-state index < -0.39 is 0 Å². The summed E-state index contributed by atoms with van der Waals surface area (Å²) in [5, 5.41) is 3.78. The molecular formula is C20H18ClFN2O2S. The van der Waals surface area contributed by atoms with Crippen molar-refractivity contribution < 1.29 is 13.9 Å². The maximum atomic E-state index is 13.4. The molecule has 0 aliphatic rings. The maximum absolute atomic E-state index is 13.4. The van der Waals surface area contributed by atoms with Gasteiger partial charge in [-0.3, -0.25) is 4.79 Å². The van der Waals surface area contributed by atoms with Crippen LogP contribution in [-0.2, 0) is 0 Å². The van der Waals surface area contributed by atoms with Crippen molar-refractivity contribution in [1.82, 2.24) is 4.98 Å². The van der Waals surface area contributed by atoms with Crippen LogP contribution in [0.3, 0.4) is 0 Å². The number of anilines is 1. The number of aryl methyl sites for hydroxylation is 1. The minimum atomic E-state index is -0.379. The van der Waals surface area contributed by atoms with Crippen molar-refractivity contribution in [2.75, 3.05) is 11.9 Å². The van der Waals surface area contributed by atoms with Gasteiger partial charge in [-0.25, -0.2) is 9.37 Å². The summed E-state index contributed by atoms with van der Waals surface area (Å²) in [5.41, 5.74) is 2.36. The van der Waals surface area contributed by atoms with E-state index in [9.17, 15) is 9.18 Å². The molecule has 3 aromatic rings. The fourth-order valence-corrected chi connectivity index (χ4v) is 4.18. The summed E-state index contributed by atoms with van der Waals surface area (Å²) in [4.78, 5) is 17.5. The number of hydrogen-bond acceptors (Lipinski definition) is 4. The van der Waals surface area contributed by atoms with Gasteiger partial charge in [0.25, 0.3) is 5.91 Å². The fraction of sp³-hybridized carbons (Fsp3) is 0.200. The van der Waals surface area contributed by atoms with Gasteiger partial charge in [-0.2, -0.15) is 0 Å². The van der Waals surface area contributed by atoms with Crippen LogP contribution in [0.2, 0.25) is 5.02 Å². The van der Waals surface area contributed by atoms with Gasteiger partial charge in [0.15, 0.2) is 0 Å². The van der Waals surface area contributed by atoms with Crippen LogP contribution in [0, 0.1) is 26.6 Å². The van der Waals surface area contributed by atoms with Crippen LogP contribution in [0.15, 0.2) is 30.9 Å². The van der Waals surface area contributed by atoms with Gasteiger partial charge in [0.05, 0.1) is 10.7 Å². The molecule has 2 aromatic heterocycles. The number of ether oxygens (including phenoxy) is 1.